The van der Waals surface area contributed by atoms with Crippen LogP contribution in [0.25, 0.3) is 11.1 Å². The molecule has 4 rings (SSSR count). The van der Waals surface area contributed by atoms with Crippen molar-refractivity contribution in [3.8, 4) is 11.1 Å². The highest BCUT2D eigenvalue weighted by molar-refractivity contribution is 5.84. The zero-order valence-corrected chi connectivity index (χ0v) is 10.5. The second-order valence-corrected chi connectivity index (χ2v) is 5.43. The Balaban J connectivity index is 2.04. The molecule has 0 amide bonds. The molecular weight excluding hydrogens is 236 g/mol. The lowest BCUT2D eigenvalue weighted by atomic mass is 9.74. The summed E-state index contributed by atoms with van der Waals surface area (Å²) in [7, 11) is 0. The summed E-state index contributed by atoms with van der Waals surface area (Å²) in [6.07, 6.45) is 1.62. The molecule has 2 aliphatic carbocycles. The van der Waals surface area contributed by atoms with Crippen LogP contribution < -0.4 is 0 Å². The van der Waals surface area contributed by atoms with Gasteiger partial charge in [-0.1, -0.05) is 42.5 Å². The van der Waals surface area contributed by atoms with Gasteiger partial charge in [-0.3, -0.25) is 4.79 Å². The Morgan fingerprint density at radius 1 is 1.05 bits per heavy atom. The maximum absolute atomic E-state index is 11.6. The molecule has 0 saturated heterocycles. The van der Waals surface area contributed by atoms with Gasteiger partial charge in [0.05, 0.1) is 5.92 Å². The van der Waals surface area contributed by atoms with Gasteiger partial charge in [0.25, 0.3) is 0 Å². The summed E-state index contributed by atoms with van der Waals surface area (Å²) < 4.78 is 0. The highest BCUT2D eigenvalue weighted by Crippen LogP contribution is 2.52. The first-order chi connectivity index (χ1) is 9.27. The Bertz CT molecular complexity index is 687. The van der Waals surface area contributed by atoms with E-state index in [1.807, 2.05) is 12.1 Å². The summed E-state index contributed by atoms with van der Waals surface area (Å²) in [6.45, 7) is 0. The number of aliphatic carboxylic acids is 1. The van der Waals surface area contributed by atoms with E-state index in [1.54, 1.807) is 0 Å². The van der Waals surface area contributed by atoms with Gasteiger partial charge in [-0.15, -0.1) is 0 Å². The molecule has 19 heavy (non-hydrogen) atoms. The van der Waals surface area contributed by atoms with E-state index in [0.29, 0.717) is 0 Å². The molecule has 0 radical (unpaired) electrons. The Hall–Kier alpha value is -2.09. The zero-order chi connectivity index (χ0) is 13.0. The van der Waals surface area contributed by atoms with Crippen LogP contribution in [0.3, 0.4) is 0 Å². The molecule has 0 heterocycles. The minimum atomic E-state index is -0.665. The van der Waals surface area contributed by atoms with Gasteiger partial charge < -0.3 is 5.11 Å². The lowest BCUT2D eigenvalue weighted by molar-refractivity contribution is -0.142. The van der Waals surface area contributed by atoms with Crippen LogP contribution >= 0.6 is 0 Å². The van der Waals surface area contributed by atoms with Crippen LogP contribution in [0.4, 0.5) is 0 Å². The van der Waals surface area contributed by atoms with Gasteiger partial charge in [0, 0.05) is 5.92 Å². The molecule has 0 fully saturated rings. The van der Waals surface area contributed by atoms with E-state index in [0.717, 1.165) is 12.8 Å². The summed E-state index contributed by atoms with van der Waals surface area (Å²) in [4.78, 5) is 11.6. The van der Waals surface area contributed by atoms with E-state index < -0.39 is 5.97 Å². The first-order valence-electron chi connectivity index (χ1n) is 6.71. The predicted molar refractivity (Wildman–Crippen MR) is 73.2 cm³/mol. The van der Waals surface area contributed by atoms with E-state index in [4.69, 9.17) is 0 Å². The molecule has 2 aromatic rings. The van der Waals surface area contributed by atoms with Crippen LogP contribution in [0, 0.1) is 5.92 Å². The van der Waals surface area contributed by atoms with Crippen molar-refractivity contribution in [3.05, 3.63) is 59.2 Å². The summed E-state index contributed by atoms with van der Waals surface area (Å²) in [5.41, 5.74) is 6.25. The fraction of sp³-hybridized carbons (Fsp3) is 0.235. The van der Waals surface area contributed by atoms with Crippen molar-refractivity contribution in [2.24, 2.45) is 5.92 Å². The van der Waals surface area contributed by atoms with E-state index in [9.17, 15) is 9.90 Å². The largest absolute Gasteiger partial charge is 0.481 e. The van der Waals surface area contributed by atoms with Crippen LogP contribution in [0.2, 0.25) is 0 Å². The molecule has 0 aliphatic heterocycles. The smallest absolute Gasteiger partial charge is 0.307 e. The van der Waals surface area contributed by atoms with Gasteiger partial charge in [0.1, 0.15) is 0 Å². The maximum atomic E-state index is 11.6. The lowest BCUT2D eigenvalue weighted by Gasteiger charge is -2.28. The number of benzene rings is 2. The number of rotatable bonds is 1. The number of carboxylic acids is 1. The number of aryl methyl sites for hydroxylation is 1. The predicted octanol–water partition coefficient (Wildman–Crippen LogP) is 3.45. The van der Waals surface area contributed by atoms with Gasteiger partial charge in [0.2, 0.25) is 0 Å². The van der Waals surface area contributed by atoms with Crippen molar-refractivity contribution in [3.63, 3.8) is 0 Å². The number of carboxylic acid groups (broad SMARTS) is 1. The van der Waals surface area contributed by atoms with Gasteiger partial charge in [-0.25, -0.2) is 0 Å². The van der Waals surface area contributed by atoms with Gasteiger partial charge >= 0.3 is 5.97 Å². The van der Waals surface area contributed by atoms with Gasteiger partial charge in [0.15, 0.2) is 0 Å². The fourth-order valence-corrected chi connectivity index (χ4v) is 3.76. The summed E-state index contributed by atoms with van der Waals surface area (Å²) in [6, 6.07) is 14.6. The van der Waals surface area contributed by atoms with Crippen molar-refractivity contribution in [2.75, 3.05) is 0 Å². The van der Waals surface area contributed by atoms with E-state index in [1.165, 1.54) is 27.8 Å². The zero-order valence-electron chi connectivity index (χ0n) is 10.5. The molecule has 0 unspecified atom stereocenters. The molecule has 2 aliphatic rings. The first-order valence-corrected chi connectivity index (χ1v) is 6.71. The molecule has 2 nitrogen and oxygen atoms in total. The molecule has 0 bridgehead atoms. The molecule has 0 saturated carbocycles. The topological polar surface area (TPSA) is 37.3 Å². The van der Waals surface area contributed by atoms with Crippen molar-refractivity contribution in [2.45, 2.75) is 18.8 Å². The summed E-state index contributed by atoms with van der Waals surface area (Å²) >= 11 is 0. The van der Waals surface area contributed by atoms with Crippen molar-refractivity contribution < 1.29 is 9.90 Å². The highest BCUT2D eigenvalue weighted by atomic mass is 16.4. The minimum absolute atomic E-state index is 0.0497. The average molecular weight is 250 g/mol. The molecule has 2 atom stereocenters. The third-order valence-electron chi connectivity index (χ3n) is 4.54. The SMILES string of the molecule is O=C(O)[C@@H]1CCc2cccc3c2[C@H]1c1ccccc1-3. The molecule has 2 aromatic carbocycles. The Labute approximate surface area is 111 Å². The van der Waals surface area contributed by atoms with Crippen LogP contribution in [0.5, 0.6) is 0 Å². The summed E-state index contributed by atoms with van der Waals surface area (Å²) in [5, 5.41) is 9.51. The van der Waals surface area contributed by atoms with E-state index in [-0.39, 0.29) is 11.8 Å². The third kappa shape index (κ3) is 1.34. The minimum Gasteiger partial charge on any atom is -0.481 e. The maximum Gasteiger partial charge on any atom is 0.307 e. The standard InChI is InChI=1S/C17H14O2/c18-17(19)14-9-8-10-4-3-7-12-11-5-1-2-6-13(11)16(14)15(10)12/h1-7,14,16H,8-9H2,(H,18,19)/t14-,16+/m1/s1. The van der Waals surface area contributed by atoms with E-state index in [2.05, 4.69) is 30.3 Å². The quantitative estimate of drug-likeness (QED) is 0.841. The third-order valence-corrected chi connectivity index (χ3v) is 4.54. The fourth-order valence-electron chi connectivity index (χ4n) is 3.76. The normalized spacial score (nSPS) is 22.7. The van der Waals surface area contributed by atoms with Gasteiger partial charge in [-0.2, -0.15) is 0 Å². The summed E-state index contributed by atoms with van der Waals surface area (Å²) in [5.74, 6) is -0.895. The first kappa shape index (κ1) is 10.8. The second kappa shape index (κ2) is 3.70. The van der Waals surface area contributed by atoms with E-state index >= 15 is 0 Å². The number of carbonyl (C=O) groups is 1. The molecule has 0 spiro atoms. The molecule has 1 N–H and O–H groups in total. The van der Waals surface area contributed by atoms with Crippen LogP contribution in [0.15, 0.2) is 42.5 Å². The Morgan fingerprint density at radius 3 is 2.68 bits per heavy atom. The molecule has 94 valence electrons. The number of hydrogen-bond donors (Lipinski definition) is 1. The Kier molecular flexibility index (Phi) is 2.10. The van der Waals surface area contributed by atoms with Crippen LogP contribution in [-0.2, 0) is 11.2 Å². The van der Waals surface area contributed by atoms with Crippen molar-refractivity contribution in [1.82, 2.24) is 0 Å². The number of fused-ring (bicyclic) bond motifs is 3. The van der Waals surface area contributed by atoms with Crippen molar-refractivity contribution >= 4 is 5.97 Å². The Morgan fingerprint density at radius 2 is 1.84 bits per heavy atom. The number of hydrogen-bond acceptors (Lipinski definition) is 1. The second-order valence-electron chi connectivity index (χ2n) is 5.43. The monoisotopic (exact) mass is 250 g/mol. The highest BCUT2D eigenvalue weighted by Gasteiger charge is 2.41. The molecule has 0 aromatic heterocycles. The lowest BCUT2D eigenvalue weighted by Crippen LogP contribution is -2.26. The van der Waals surface area contributed by atoms with Crippen molar-refractivity contribution in [1.29, 1.82) is 0 Å². The van der Waals surface area contributed by atoms with Crippen LogP contribution in [0.1, 0.15) is 29.0 Å². The molecular formula is C17H14O2. The average Bonchev–Trinajstić information content (AvgIpc) is 2.77. The van der Waals surface area contributed by atoms with Gasteiger partial charge in [-0.05, 0) is 40.7 Å². The van der Waals surface area contributed by atoms with Crippen LogP contribution in [-0.4, -0.2) is 11.1 Å². The molecule has 2 heteroatoms.